The minimum atomic E-state index is -3.02. The smallest absolute Gasteiger partial charge is 0.387 e. The number of carbonyl (C=O) groups excluding carboxylic acids is 1. The highest BCUT2D eigenvalue weighted by Crippen LogP contribution is 2.38. The van der Waals surface area contributed by atoms with Crippen LogP contribution in [0.1, 0.15) is 11.1 Å². The van der Waals surface area contributed by atoms with Gasteiger partial charge in [0, 0.05) is 0 Å². The van der Waals surface area contributed by atoms with E-state index < -0.39 is 12.5 Å². The Labute approximate surface area is 178 Å². The van der Waals surface area contributed by atoms with Gasteiger partial charge >= 0.3 is 6.61 Å². The third kappa shape index (κ3) is 6.36. The average molecular weight is 445 g/mol. The van der Waals surface area contributed by atoms with Gasteiger partial charge in [0.15, 0.2) is 11.5 Å². The second-order valence-electron chi connectivity index (χ2n) is 6.10. The van der Waals surface area contributed by atoms with Crippen LogP contribution >= 0.6 is 11.8 Å². The molecule has 2 rings (SSSR count). The summed E-state index contributed by atoms with van der Waals surface area (Å²) in [5, 5.41) is 2.51. The predicted octanol–water partition coefficient (Wildman–Crippen LogP) is 3.78. The minimum Gasteiger partial charge on any atom is -0.493 e. The number of aryl methyl sites for hydroxylation is 2. The first kappa shape index (κ1) is 23.5. The lowest BCUT2D eigenvalue weighted by Gasteiger charge is -2.15. The fourth-order valence-corrected chi connectivity index (χ4v) is 2.97. The molecule has 0 heterocycles. The predicted molar refractivity (Wildman–Crippen MR) is 109 cm³/mol. The molecule has 0 unspecified atom stereocenters. The third-order valence-corrected chi connectivity index (χ3v) is 4.32. The number of amides is 1. The van der Waals surface area contributed by atoms with E-state index in [0.29, 0.717) is 30.1 Å². The van der Waals surface area contributed by atoms with Crippen LogP contribution in [-0.4, -0.2) is 40.4 Å². The zero-order chi connectivity index (χ0) is 22.1. The van der Waals surface area contributed by atoms with E-state index in [2.05, 4.69) is 14.9 Å². The quantitative estimate of drug-likeness (QED) is 0.514. The first-order chi connectivity index (χ1) is 14.4. The summed E-state index contributed by atoms with van der Waals surface area (Å²) in [6, 6.07) is 8.31. The monoisotopic (exact) mass is 444 g/mol. The molecule has 0 saturated carbocycles. The maximum absolute atomic E-state index is 12.7. The maximum atomic E-state index is 12.7. The van der Waals surface area contributed by atoms with E-state index in [1.165, 1.54) is 27.4 Å². The number of alkyl halides is 2. The van der Waals surface area contributed by atoms with Gasteiger partial charge < -0.3 is 24.3 Å². The first-order valence-electron chi connectivity index (χ1n) is 8.91. The van der Waals surface area contributed by atoms with Crippen molar-refractivity contribution in [1.82, 2.24) is 4.84 Å². The van der Waals surface area contributed by atoms with Crippen LogP contribution in [0.2, 0.25) is 0 Å². The Balaban J connectivity index is 2.23. The van der Waals surface area contributed by atoms with Crippen LogP contribution in [0.3, 0.4) is 0 Å². The Morgan fingerprint density at radius 2 is 1.60 bits per heavy atom. The molecule has 30 heavy (non-hydrogen) atoms. The SMILES string of the molecule is COc1cc(CCc2ccc(OC(F)F)c(NC(=O)CNCl)c2)cc(OC)c1OC. The molecule has 2 N–H and O–H groups in total. The van der Waals surface area contributed by atoms with E-state index >= 15 is 0 Å². The number of anilines is 1. The van der Waals surface area contributed by atoms with Crippen LogP contribution in [-0.2, 0) is 17.6 Å². The molecule has 2 aromatic carbocycles. The largest absolute Gasteiger partial charge is 0.493 e. The molecule has 0 spiro atoms. The molecule has 0 atom stereocenters. The van der Waals surface area contributed by atoms with Crippen molar-refractivity contribution in [2.45, 2.75) is 19.5 Å². The molecule has 164 valence electrons. The van der Waals surface area contributed by atoms with E-state index in [1.54, 1.807) is 12.1 Å². The van der Waals surface area contributed by atoms with E-state index in [0.717, 1.165) is 11.1 Å². The maximum Gasteiger partial charge on any atom is 0.387 e. The Kier molecular flexibility index (Phi) is 8.94. The summed E-state index contributed by atoms with van der Waals surface area (Å²) < 4.78 is 45.8. The van der Waals surface area contributed by atoms with Crippen LogP contribution in [0.15, 0.2) is 30.3 Å². The van der Waals surface area contributed by atoms with Gasteiger partial charge in [0.25, 0.3) is 0 Å². The normalized spacial score (nSPS) is 10.6. The molecule has 7 nitrogen and oxygen atoms in total. The fraction of sp³-hybridized carbons (Fsp3) is 0.350. The molecule has 0 aliphatic heterocycles. The Morgan fingerprint density at radius 3 is 2.13 bits per heavy atom. The van der Waals surface area contributed by atoms with Gasteiger partial charge in [-0.05, 0) is 60.0 Å². The topological polar surface area (TPSA) is 78.1 Å². The van der Waals surface area contributed by atoms with Crippen LogP contribution in [0, 0.1) is 0 Å². The molecule has 1 amide bonds. The second-order valence-corrected chi connectivity index (χ2v) is 6.37. The van der Waals surface area contributed by atoms with Gasteiger partial charge in [0.05, 0.1) is 33.6 Å². The summed E-state index contributed by atoms with van der Waals surface area (Å²) in [5.74, 6) is 0.939. The molecule has 0 saturated heterocycles. The van der Waals surface area contributed by atoms with E-state index in [-0.39, 0.29) is 18.0 Å². The van der Waals surface area contributed by atoms with Crippen molar-refractivity contribution in [2.75, 3.05) is 33.2 Å². The molecule has 0 radical (unpaired) electrons. The number of methoxy groups -OCH3 is 3. The third-order valence-electron chi connectivity index (χ3n) is 4.19. The van der Waals surface area contributed by atoms with Gasteiger partial charge in [-0.1, -0.05) is 6.07 Å². The molecule has 0 fully saturated rings. The Hall–Kier alpha value is -2.78. The van der Waals surface area contributed by atoms with Crippen LogP contribution < -0.4 is 29.1 Å². The van der Waals surface area contributed by atoms with Crippen molar-refractivity contribution in [3.05, 3.63) is 41.5 Å². The lowest BCUT2D eigenvalue weighted by atomic mass is 10.0. The molecule has 0 bridgehead atoms. The van der Waals surface area contributed by atoms with Gasteiger partial charge in [-0.15, -0.1) is 0 Å². The Morgan fingerprint density at radius 1 is 0.967 bits per heavy atom. The summed E-state index contributed by atoms with van der Waals surface area (Å²) in [4.78, 5) is 14.0. The van der Waals surface area contributed by atoms with Gasteiger partial charge in [0.2, 0.25) is 11.7 Å². The van der Waals surface area contributed by atoms with Gasteiger partial charge in [-0.2, -0.15) is 8.78 Å². The number of hydrogen-bond acceptors (Lipinski definition) is 6. The number of hydrogen-bond donors (Lipinski definition) is 2. The Bertz CT molecular complexity index is 842. The molecule has 2 aromatic rings. The van der Waals surface area contributed by atoms with Gasteiger partial charge in [-0.25, -0.2) is 4.84 Å². The summed E-state index contributed by atoms with van der Waals surface area (Å²) in [5.41, 5.74) is 1.86. The van der Waals surface area contributed by atoms with Crippen molar-refractivity contribution in [3.8, 4) is 23.0 Å². The number of ether oxygens (including phenoxy) is 4. The van der Waals surface area contributed by atoms with Crippen LogP contribution in [0.4, 0.5) is 14.5 Å². The van der Waals surface area contributed by atoms with E-state index in [9.17, 15) is 13.6 Å². The van der Waals surface area contributed by atoms with Crippen molar-refractivity contribution < 1.29 is 32.5 Å². The molecule has 0 aliphatic rings. The van der Waals surface area contributed by atoms with Gasteiger partial charge in [0.1, 0.15) is 5.75 Å². The number of halogens is 3. The average Bonchev–Trinajstić information content (AvgIpc) is 2.72. The highest BCUT2D eigenvalue weighted by atomic mass is 35.5. The van der Waals surface area contributed by atoms with Crippen LogP contribution in [0.5, 0.6) is 23.0 Å². The zero-order valence-electron chi connectivity index (χ0n) is 16.8. The fourth-order valence-electron chi connectivity index (χ4n) is 2.85. The first-order valence-corrected chi connectivity index (χ1v) is 9.29. The summed E-state index contributed by atoms with van der Waals surface area (Å²) in [6.07, 6.45) is 1.16. The van der Waals surface area contributed by atoms with Crippen molar-refractivity contribution in [1.29, 1.82) is 0 Å². The number of benzene rings is 2. The highest BCUT2D eigenvalue weighted by molar-refractivity contribution is 6.15. The molecule has 0 aliphatic carbocycles. The van der Waals surface area contributed by atoms with Gasteiger partial charge in [-0.3, -0.25) is 4.79 Å². The molecule has 10 heteroatoms. The number of carbonyl (C=O) groups is 1. The van der Waals surface area contributed by atoms with E-state index in [4.69, 9.17) is 26.0 Å². The van der Waals surface area contributed by atoms with Crippen molar-refractivity contribution in [3.63, 3.8) is 0 Å². The summed E-state index contributed by atoms with van der Waals surface area (Å²) in [6.45, 7) is -3.21. The van der Waals surface area contributed by atoms with Crippen molar-refractivity contribution >= 4 is 23.4 Å². The van der Waals surface area contributed by atoms with E-state index in [1.807, 2.05) is 12.1 Å². The van der Waals surface area contributed by atoms with Crippen LogP contribution in [0.25, 0.3) is 0 Å². The second kappa shape index (κ2) is 11.4. The molecular formula is C20H23ClF2N2O5. The number of rotatable bonds is 11. The minimum absolute atomic E-state index is 0.134. The summed E-state index contributed by atoms with van der Waals surface area (Å²) in [7, 11) is 4.60. The lowest BCUT2D eigenvalue weighted by molar-refractivity contribution is -0.115. The standard InChI is InChI=1S/C20H23ClF2N2O5/c1-27-16-9-13(10-17(28-2)19(16)29-3)5-4-12-6-7-15(30-20(22)23)14(8-12)25-18(26)11-24-21/h6-10,20,24H,4-5,11H2,1-3H3,(H,25,26). The zero-order valence-corrected chi connectivity index (χ0v) is 17.5. The summed E-state index contributed by atoms with van der Waals surface area (Å²) >= 11 is 5.32. The molecule has 0 aromatic heterocycles. The number of nitrogens with one attached hydrogen (secondary N) is 2. The van der Waals surface area contributed by atoms with Crippen molar-refractivity contribution in [2.24, 2.45) is 0 Å². The lowest BCUT2D eigenvalue weighted by Crippen LogP contribution is -2.23. The molecular weight excluding hydrogens is 422 g/mol. The highest BCUT2D eigenvalue weighted by Gasteiger charge is 2.15.